The molecule has 0 aliphatic rings. The normalized spacial score (nSPS) is 11.0. The SMILES string of the molecule is COc1cc(C(=O)Nc2cc(Cl)ccc2NS(=O)(=O)c2ccccc2F)cc(Cl)c1OC. The number of ether oxygens (including phenoxy) is 2. The molecule has 0 fully saturated rings. The van der Waals surface area contributed by atoms with Crippen LogP contribution in [-0.2, 0) is 10.0 Å². The average molecular weight is 499 g/mol. The van der Waals surface area contributed by atoms with Crippen LogP contribution in [0.15, 0.2) is 59.5 Å². The molecule has 32 heavy (non-hydrogen) atoms. The van der Waals surface area contributed by atoms with Gasteiger partial charge in [0.15, 0.2) is 11.5 Å². The third-order valence-corrected chi connectivity index (χ3v) is 6.21. The Morgan fingerprint density at radius 2 is 1.69 bits per heavy atom. The Balaban J connectivity index is 1.95. The number of amides is 1. The first-order valence-electron chi connectivity index (χ1n) is 8.96. The van der Waals surface area contributed by atoms with Crippen LogP contribution in [0.1, 0.15) is 10.4 Å². The fourth-order valence-electron chi connectivity index (χ4n) is 2.81. The Morgan fingerprint density at radius 1 is 0.969 bits per heavy atom. The average Bonchev–Trinajstić information content (AvgIpc) is 2.75. The van der Waals surface area contributed by atoms with Crippen molar-refractivity contribution in [3.8, 4) is 11.5 Å². The summed E-state index contributed by atoms with van der Waals surface area (Å²) in [5.74, 6) is -1.05. The summed E-state index contributed by atoms with van der Waals surface area (Å²) in [6.45, 7) is 0. The summed E-state index contributed by atoms with van der Waals surface area (Å²) in [4.78, 5) is 12.3. The summed E-state index contributed by atoms with van der Waals surface area (Å²) in [7, 11) is -1.49. The van der Waals surface area contributed by atoms with E-state index in [-0.39, 0.29) is 38.5 Å². The topological polar surface area (TPSA) is 93.7 Å². The number of carbonyl (C=O) groups excluding carboxylic acids is 1. The van der Waals surface area contributed by atoms with Gasteiger partial charge in [-0.1, -0.05) is 35.3 Å². The quantitative estimate of drug-likeness (QED) is 0.466. The van der Waals surface area contributed by atoms with E-state index in [4.69, 9.17) is 32.7 Å². The van der Waals surface area contributed by atoms with Gasteiger partial charge in [0.25, 0.3) is 15.9 Å². The van der Waals surface area contributed by atoms with E-state index in [1.165, 1.54) is 56.7 Å². The van der Waals surface area contributed by atoms with Crippen molar-refractivity contribution in [2.45, 2.75) is 4.90 Å². The molecule has 0 aliphatic carbocycles. The molecule has 1 amide bonds. The number of sulfonamides is 1. The van der Waals surface area contributed by atoms with Crippen molar-refractivity contribution in [2.24, 2.45) is 0 Å². The molecule has 0 unspecified atom stereocenters. The molecule has 0 saturated heterocycles. The van der Waals surface area contributed by atoms with Crippen LogP contribution in [0.5, 0.6) is 11.5 Å². The summed E-state index contributed by atoms with van der Waals surface area (Å²) < 4.78 is 52.0. The first-order chi connectivity index (χ1) is 15.2. The Hall–Kier alpha value is -3.01. The van der Waals surface area contributed by atoms with Gasteiger partial charge >= 0.3 is 0 Å². The van der Waals surface area contributed by atoms with Crippen molar-refractivity contribution < 1.29 is 27.1 Å². The van der Waals surface area contributed by atoms with Crippen molar-refractivity contribution in [3.05, 3.63) is 76.0 Å². The highest BCUT2D eigenvalue weighted by atomic mass is 35.5. The third-order valence-electron chi connectivity index (χ3n) is 4.30. The minimum atomic E-state index is -4.28. The molecule has 0 heterocycles. The fourth-order valence-corrected chi connectivity index (χ4v) is 4.43. The van der Waals surface area contributed by atoms with Crippen LogP contribution < -0.4 is 19.5 Å². The first kappa shape index (κ1) is 23.6. The van der Waals surface area contributed by atoms with Crippen LogP contribution in [-0.4, -0.2) is 28.5 Å². The second-order valence-corrected chi connectivity index (χ2v) is 8.87. The molecule has 7 nitrogen and oxygen atoms in total. The van der Waals surface area contributed by atoms with E-state index in [0.29, 0.717) is 0 Å². The molecular formula is C21H17Cl2FN2O5S. The lowest BCUT2D eigenvalue weighted by Gasteiger charge is -2.15. The molecule has 0 radical (unpaired) electrons. The molecule has 0 aromatic heterocycles. The summed E-state index contributed by atoms with van der Waals surface area (Å²) >= 11 is 12.2. The Kier molecular flexibility index (Phi) is 7.12. The standard InChI is InChI=1S/C21H17Cl2FN2O5S/c1-30-18-10-12(9-14(23)20(18)31-2)21(27)25-17-11-13(22)7-8-16(17)26-32(28,29)19-6-4-3-5-15(19)24/h3-11,26H,1-2H3,(H,25,27). The molecule has 0 spiro atoms. The summed E-state index contributed by atoms with van der Waals surface area (Å²) in [6, 6.07) is 11.8. The van der Waals surface area contributed by atoms with Crippen LogP contribution in [0.25, 0.3) is 0 Å². The lowest BCUT2D eigenvalue weighted by atomic mass is 10.1. The lowest BCUT2D eigenvalue weighted by molar-refractivity contribution is 0.102. The first-order valence-corrected chi connectivity index (χ1v) is 11.2. The highest BCUT2D eigenvalue weighted by Gasteiger charge is 2.21. The van der Waals surface area contributed by atoms with Crippen LogP contribution in [0.2, 0.25) is 10.0 Å². The number of anilines is 2. The molecule has 0 atom stereocenters. The third kappa shape index (κ3) is 5.07. The van der Waals surface area contributed by atoms with Gasteiger partial charge in [-0.3, -0.25) is 9.52 Å². The van der Waals surface area contributed by atoms with E-state index in [1.54, 1.807) is 0 Å². The maximum absolute atomic E-state index is 14.0. The number of halogens is 3. The molecule has 0 saturated carbocycles. The van der Waals surface area contributed by atoms with Gasteiger partial charge in [-0.25, -0.2) is 12.8 Å². The largest absolute Gasteiger partial charge is 0.493 e. The number of hydrogen-bond acceptors (Lipinski definition) is 5. The highest BCUT2D eigenvalue weighted by Crippen LogP contribution is 2.36. The zero-order chi connectivity index (χ0) is 23.5. The van der Waals surface area contributed by atoms with Crippen molar-refractivity contribution in [2.75, 3.05) is 24.3 Å². The van der Waals surface area contributed by atoms with Crippen molar-refractivity contribution in [1.29, 1.82) is 0 Å². The lowest BCUT2D eigenvalue weighted by Crippen LogP contribution is -2.18. The van der Waals surface area contributed by atoms with Gasteiger partial charge in [0, 0.05) is 10.6 Å². The fraction of sp³-hybridized carbons (Fsp3) is 0.0952. The van der Waals surface area contributed by atoms with E-state index in [9.17, 15) is 17.6 Å². The Bertz CT molecular complexity index is 1290. The number of carbonyl (C=O) groups is 1. The minimum Gasteiger partial charge on any atom is -0.493 e. The van der Waals surface area contributed by atoms with Gasteiger partial charge in [0.1, 0.15) is 10.7 Å². The zero-order valence-electron chi connectivity index (χ0n) is 16.8. The smallest absolute Gasteiger partial charge is 0.264 e. The van der Waals surface area contributed by atoms with E-state index >= 15 is 0 Å². The molecule has 3 aromatic rings. The van der Waals surface area contributed by atoms with Gasteiger partial charge in [0.2, 0.25) is 0 Å². The summed E-state index contributed by atoms with van der Waals surface area (Å²) in [6.07, 6.45) is 0. The summed E-state index contributed by atoms with van der Waals surface area (Å²) in [5.41, 5.74) is 0.154. The molecule has 0 bridgehead atoms. The molecular weight excluding hydrogens is 482 g/mol. The van der Waals surface area contributed by atoms with Crippen molar-refractivity contribution in [3.63, 3.8) is 0 Å². The van der Waals surface area contributed by atoms with Crippen LogP contribution in [0.3, 0.4) is 0 Å². The molecule has 0 aliphatic heterocycles. The predicted octanol–water partition coefficient (Wildman–Crippen LogP) is 5.20. The number of methoxy groups -OCH3 is 2. The van der Waals surface area contributed by atoms with Crippen LogP contribution in [0, 0.1) is 5.82 Å². The van der Waals surface area contributed by atoms with Gasteiger partial charge in [-0.15, -0.1) is 0 Å². The molecule has 11 heteroatoms. The van der Waals surface area contributed by atoms with Gasteiger partial charge in [0.05, 0.1) is 30.6 Å². The van der Waals surface area contributed by atoms with Gasteiger partial charge < -0.3 is 14.8 Å². The highest BCUT2D eigenvalue weighted by molar-refractivity contribution is 7.92. The maximum Gasteiger partial charge on any atom is 0.264 e. The van der Waals surface area contributed by atoms with E-state index in [2.05, 4.69) is 10.0 Å². The summed E-state index contributed by atoms with van der Waals surface area (Å²) in [5, 5.41) is 2.95. The molecule has 168 valence electrons. The van der Waals surface area contributed by atoms with Crippen LogP contribution in [0.4, 0.5) is 15.8 Å². The number of hydrogen-bond donors (Lipinski definition) is 2. The predicted molar refractivity (Wildman–Crippen MR) is 121 cm³/mol. The van der Waals surface area contributed by atoms with Crippen LogP contribution >= 0.6 is 23.2 Å². The monoisotopic (exact) mass is 498 g/mol. The van der Waals surface area contributed by atoms with Crippen molar-refractivity contribution >= 4 is 50.5 Å². The Morgan fingerprint density at radius 3 is 2.34 bits per heavy atom. The second kappa shape index (κ2) is 9.64. The van der Waals surface area contributed by atoms with Crippen molar-refractivity contribution in [1.82, 2.24) is 0 Å². The van der Waals surface area contributed by atoms with E-state index in [1.807, 2.05) is 0 Å². The maximum atomic E-state index is 14.0. The number of rotatable bonds is 7. The number of benzene rings is 3. The van der Waals surface area contributed by atoms with Gasteiger partial charge in [-0.05, 0) is 42.5 Å². The minimum absolute atomic E-state index is 0.0161. The number of nitrogens with one attached hydrogen (secondary N) is 2. The zero-order valence-corrected chi connectivity index (χ0v) is 19.1. The second-order valence-electron chi connectivity index (χ2n) is 6.37. The molecule has 2 N–H and O–H groups in total. The Labute approximate surface area is 194 Å². The van der Waals surface area contributed by atoms with E-state index < -0.39 is 26.6 Å². The molecule has 3 aromatic carbocycles. The van der Waals surface area contributed by atoms with Gasteiger partial charge in [-0.2, -0.15) is 0 Å². The molecule has 3 rings (SSSR count). The van der Waals surface area contributed by atoms with E-state index in [0.717, 1.165) is 12.1 Å².